The Morgan fingerprint density at radius 1 is 1.45 bits per heavy atom. The zero-order chi connectivity index (χ0) is 7.40. The molecular weight excluding hydrogens is 217 g/mol. The molecule has 0 aliphatic carbocycles. The predicted octanol–water partition coefficient (Wildman–Crippen LogP) is 1.27. The van der Waals surface area contributed by atoms with Crippen LogP contribution in [0.1, 0.15) is 10.4 Å². The van der Waals surface area contributed by atoms with Crippen molar-refractivity contribution in [1.29, 1.82) is 0 Å². The topological polar surface area (TPSA) is 26.3 Å². The molecule has 0 spiro atoms. The van der Waals surface area contributed by atoms with E-state index in [4.69, 9.17) is 0 Å². The molecule has 2 nitrogen and oxygen atoms in total. The quantitative estimate of drug-likeness (QED) is 0.530. The van der Waals surface area contributed by atoms with E-state index in [1.54, 1.807) is 24.3 Å². The first-order chi connectivity index (χ1) is 4.84. The molecule has 0 bridgehead atoms. The molecule has 52 valence electrons. The Bertz CT molecular complexity index is 221. The van der Waals surface area contributed by atoms with Crippen LogP contribution < -0.4 is 0 Å². The van der Waals surface area contributed by atoms with Crippen molar-refractivity contribution in [3.63, 3.8) is 0 Å². The first-order valence-corrected chi connectivity index (χ1v) is 2.89. The van der Waals surface area contributed by atoms with Gasteiger partial charge in [0.2, 0.25) is 0 Å². The zero-order valence-corrected chi connectivity index (χ0v) is 9.04. The molecule has 1 rings (SSSR count). The van der Waals surface area contributed by atoms with Gasteiger partial charge in [-0.2, -0.15) is 30.3 Å². The van der Waals surface area contributed by atoms with Crippen LogP contribution in [0, 0.1) is 6.07 Å². The van der Waals surface area contributed by atoms with Gasteiger partial charge in [0.25, 0.3) is 0 Å². The maximum atomic E-state index is 10.8. The summed E-state index contributed by atoms with van der Waals surface area (Å²) in [4.78, 5) is 10.8. The summed E-state index contributed by atoms with van der Waals surface area (Å²) in [6.07, 6.45) is 0. The van der Waals surface area contributed by atoms with Gasteiger partial charge in [-0.1, -0.05) is 0 Å². The fourth-order valence-corrected chi connectivity index (χ4v) is 0.641. The Labute approximate surface area is 90.8 Å². The summed E-state index contributed by atoms with van der Waals surface area (Å²) in [5.74, 6) is -0.311. The Morgan fingerprint density at radius 3 is 2.45 bits per heavy atom. The minimum atomic E-state index is -0.311. The number of carbonyl (C=O) groups excluding carboxylic acids is 1. The van der Waals surface area contributed by atoms with Gasteiger partial charge in [0, 0.05) is 0 Å². The molecule has 0 fully saturated rings. The van der Waals surface area contributed by atoms with Crippen LogP contribution in [0.5, 0.6) is 0 Å². The maximum absolute atomic E-state index is 10.8. The minimum absolute atomic E-state index is 0. The standard InChI is InChI=1S/C8H7O2.Y/c1-10-8(9)7-5-3-2-4-6-7;/h3-6H,1H3;/q-1;+3. The summed E-state index contributed by atoms with van der Waals surface area (Å²) < 4.78 is 4.48. The van der Waals surface area contributed by atoms with Crippen molar-refractivity contribution in [2.45, 2.75) is 0 Å². The van der Waals surface area contributed by atoms with Crippen LogP contribution in [0.3, 0.4) is 0 Å². The van der Waals surface area contributed by atoms with E-state index >= 15 is 0 Å². The van der Waals surface area contributed by atoms with E-state index in [-0.39, 0.29) is 38.7 Å². The number of esters is 1. The molecule has 0 saturated heterocycles. The maximum Gasteiger partial charge on any atom is 3.00 e. The molecule has 0 aromatic heterocycles. The van der Waals surface area contributed by atoms with Gasteiger partial charge in [-0.3, -0.25) is 0 Å². The van der Waals surface area contributed by atoms with Crippen molar-refractivity contribution in [1.82, 2.24) is 0 Å². The van der Waals surface area contributed by atoms with E-state index in [0.717, 1.165) is 0 Å². The smallest absolute Gasteiger partial charge is 0.467 e. The molecule has 0 amide bonds. The molecule has 3 heteroatoms. The summed E-state index contributed by atoms with van der Waals surface area (Å²) in [7, 11) is 1.36. The molecule has 1 aromatic carbocycles. The largest absolute Gasteiger partial charge is 3.00 e. The second-order valence-electron chi connectivity index (χ2n) is 1.78. The number of ether oxygens (including phenoxy) is 1. The van der Waals surface area contributed by atoms with Gasteiger partial charge in [0.05, 0.1) is 7.11 Å². The predicted molar refractivity (Wildman–Crippen MR) is 36.6 cm³/mol. The molecular formula is C8H7O2Y+2. The van der Waals surface area contributed by atoms with Crippen molar-refractivity contribution in [3.05, 3.63) is 35.9 Å². The van der Waals surface area contributed by atoms with E-state index in [1.165, 1.54) is 7.11 Å². The van der Waals surface area contributed by atoms with Crippen LogP contribution in [0.15, 0.2) is 24.3 Å². The summed E-state index contributed by atoms with van der Waals surface area (Å²) in [6.45, 7) is 0. The molecule has 0 unspecified atom stereocenters. The minimum Gasteiger partial charge on any atom is -0.467 e. The third kappa shape index (κ3) is 3.13. The monoisotopic (exact) mass is 224 g/mol. The second-order valence-corrected chi connectivity index (χ2v) is 1.78. The van der Waals surface area contributed by atoms with Crippen LogP contribution in [-0.2, 0) is 37.4 Å². The molecule has 0 radical (unpaired) electrons. The van der Waals surface area contributed by atoms with Crippen LogP contribution in [0.4, 0.5) is 0 Å². The third-order valence-corrected chi connectivity index (χ3v) is 1.14. The van der Waals surface area contributed by atoms with E-state index in [0.29, 0.717) is 5.56 Å². The molecule has 0 saturated carbocycles. The molecule has 11 heavy (non-hydrogen) atoms. The van der Waals surface area contributed by atoms with Gasteiger partial charge < -0.3 is 4.74 Å². The van der Waals surface area contributed by atoms with E-state index in [2.05, 4.69) is 10.8 Å². The van der Waals surface area contributed by atoms with Crippen LogP contribution >= 0.6 is 0 Å². The van der Waals surface area contributed by atoms with Crippen LogP contribution in [0.25, 0.3) is 0 Å². The van der Waals surface area contributed by atoms with Gasteiger partial charge in [-0.25, -0.2) is 4.79 Å². The van der Waals surface area contributed by atoms with Crippen molar-refractivity contribution in [3.8, 4) is 0 Å². The Morgan fingerprint density at radius 2 is 2.00 bits per heavy atom. The Balaban J connectivity index is 0.000001000. The van der Waals surface area contributed by atoms with Gasteiger partial charge in [-0.05, 0) is 5.56 Å². The van der Waals surface area contributed by atoms with Crippen LogP contribution in [0.2, 0.25) is 0 Å². The van der Waals surface area contributed by atoms with E-state index < -0.39 is 0 Å². The first kappa shape index (κ1) is 10.8. The second kappa shape index (κ2) is 5.45. The summed E-state index contributed by atoms with van der Waals surface area (Å²) in [6, 6.07) is 9.47. The average Bonchev–Trinajstić information content (AvgIpc) is 2.05. The first-order valence-electron chi connectivity index (χ1n) is 2.89. The molecule has 0 aliphatic heterocycles. The van der Waals surface area contributed by atoms with E-state index in [1.807, 2.05) is 0 Å². The molecule has 0 atom stereocenters. The van der Waals surface area contributed by atoms with Gasteiger partial charge in [0.1, 0.15) is 0 Å². The van der Waals surface area contributed by atoms with Gasteiger partial charge >= 0.3 is 38.7 Å². The van der Waals surface area contributed by atoms with Crippen molar-refractivity contribution in [2.24, 2.45) is 0 Å². The van der Waals surface area contributed by atoms with E-state index in [9.17, 15) is 4.79 Å². The number of carbonyl (C=O) groups is 1. The fraction of sp³-hybridized carbons (Fsp3) is 0.125. The van der Waals surface area contributed by atoms with Crippen molar-refractivity contribution < 1.29 is 42.2 Å². The Kier molecular flexibility index (Phi) is 5.34. The van der Waals surface area contributed by atoms with Gasteiger partial charge in [0.15, 0.2) is 0 Å². The summed E-state index contributed by atoms with van der Waals surface area (Å²) >= 11 is 0. The number of hydrogen-bond donors (Lipinski definition) is 0. The molecule has 1 aromatic rings. The summed E-state index contributed by atoms with van der Waals surface area (Å²) in [5.41, 5.74) is 0.557. The molecule has 0 N–H and O–H groups in total. The SMILES string of the molecule is COC(=O)c1cc[c-]cc1.[Y+3]. The normalized spacial score (nSPS) is 8.09. The average molecular weight is 224 g/mol. The van der Waals surface area contributed by atoms with Crippen molar-refractivity contribution >= 4 is 5.97 Å². The third-order valence-electron chi connectivity index (χ3n) is 1.14. The molecule has 0 aliphatic rings. The fourth-order valence-electron chi connectivity index (χ4n) is 0.641. The van der Waals surface area contributed by atoms with Crippen molar-refractivity contribution in [2.75, 3.05) is 7.11 Å². The number of benzene rings is 1. The van der Waals surface area contributed by atoms with Crippen LogP contribution in [-0.4, -0.2) is 13.1 Å². The van der Waals surface area contributed by atoms with Gasteiger partial charge in [-0.15, -0.1) is 0 Å². The number of methoxy groups -OCH3 is 1. The molecule has 0 heterocycles. The number of rotatable bonds is 1. The summed E-state index contributed by atoms with van der Waals surface area (Å²) in [5, 5.41) is 0. The number of hydrogen-bond acceptors (Lipinski definition) is 2. The Hall–Kier alpha value is -0.206. The zero-order valence-electron chi connectivity index (χ0n) is 6.20.